The molecule has 0 spiro atoms. The summed E-state index contributed by atoms with van der Waals surface area (Å²) in [6.45, 7) is 6.46. The van der Waals surface area contributed by atoms with E-state index in [1.807, 2.05) is 25.1 Å². The predicted octanol–water partition coefficient (Wildman–Crippen LogP) is 4.21. The number of nitrogens with one attached hydrogen (secondary N) is 1. The van der Waals surface area contributed by atoms with Crippen LogP contribution >= 0.6 is 0 Å². The maximum Gasteiger partial charge on any atom is 0.126 e. The van der Waals surface area contributed by atoms with Gasteiger partial charge in [0.2, 0.25) is 0 Å². The smallest absolute Gasteiger partial charge is 0.126 e. The minimum Gasteiger partial charge on any atom is -0.365 e. The molecule has 1 heterocycles. The van der Waals surface area contributed by atoms with Gasteiger partial charge in [-0.15, -0.1) is 0 Å². The number of nitrogens with zero attached hydrogens (tertiary/aromatic N) is 1. The predicted molar refractivity (Wildman–Crippen MR) is 81.4 cm³/mol. The van der Waals surface area contributed by atoms with Gasteiger partial charge in [-0.25, -0.2) is 4.98 Å². The Hall–Kier alpha value is -1.83. The maximum atomic E-state index is 4.50. The van der Waals surface area contributed by atoms with Crippen molar-refractivity contribution in [3.63, 3.8) is 0 Å². The van der Waals surface area contributed by atoms with Crippen molar-refractivity contribution in [1.82, 2.24) is 4.98 Å². The van der Waals surface area contributed by atoms with E-state index >= 15 is 0 Å². The molecule has 1 aromatic heterocycles. The molecule has 1 aromatic carbocycles. The van der Waals surface area contributed by atoms with Gasteiger partial charge >= 0.3 is 0 Å². The summed E-state index contributed by atoms with van der Waals surface area (Å²) in [4.78, 5) is 4.50. The monoisotopic (exact) mass is 254 g/mol. The zero-order chi connectivity index (χ0) is 13.7. The van der Waals surface area contributed by atoms with E-state index in [0.29, 0.717) is 0 Å². The Labute approximate surface area is 115 Å². The molecule has 0 bridgehead atoms. The van der Waals surface area contributed by atoms with Crippen molar-refractivity contribution < 1.29 is 0 Å². The number of hydrogen-bond donors (Lipinski definition) is 1. The Balaban J connectivity index is 1.95. The van der Waals surface area contributed by atoms with Crippen LogP contribution in [0.2, 0.25) is 0 Å². The van der Waals surface area contributed by atoms with Crippen LogP contribution in [0.15, 0.2) is 48.5 Å². The Kier molecular flexibility index (Phi) is 4.20. The highest BCUT2D eigenvalue weighted by atomic mass is 15.0. The minimum atomic E-state index is 0.0383. The van der Waals surface area contributed by atoms with Gasteiger partial charge in [0, 0.05) is 11.2 Å². The lowest BCUT2D eigenvalue weighted by molar-refractivity contribution is 0.516. The van der Waals surface area contributed by atoms with Crippen LogP contribution in [0.3, 0.4) is 0 Å². The van der Waals surface area contributed by atoms with Gasteiger partial charge in [-0.05, 0) is 51.3 Å². The fraction of sp³-hybridized carbons (Fsp3) is 0.353. The van der Waals surface area contributed by atoms with E-state index in [2.05, 4.69) is 54.5 Å². The van der Waals surface area contributed by atoms with E-state index in [1.165, 1.54) is 5.56 Å². The zero-order valence-corrected chi connectivity index (χ0v) is 12.0. The van der Waals surface area contributed by atoms with E-state index in [4.69, 9.17) is 0 Å². The largest absolute Gasteiger partial charge is 0.365 e. The summed E-state index contributed by atoms with van der Waals surface area (Å²) in [5.41, 5.74) is 2.47. The summed E-state index contributed by atoms with van der Waals surface area (Å²) in [6.07, 6.45) is 2.15. The Morgan fingerprint density at radius 3 is 2.42 bits per heavy atom. The first-order valence-corrected chi connectivity index (χ1v) is 6.81. The molecule has 0 unspecified atom stereocenters. The van der Waals surface area contributed by atoms with Gasteiger partial charge in [-0.3, -0.25) is 0 Å². The third-order valence-electron chi connectivity index (χ3n) is 3.24. The molecule has 0 aliphatic rings. The molecular weight excluding hydrogens is 232 g/mol. The van der Waals surface area contributed by atoms with Crippen LogP contribution in [-0.4, -0.2) is 10.5 Å². The van der Waals surface area contributed by atoms with Crippen molar-refractivity contribution in [2.75, 3.05) is 5.32 Å². The van der Waals surface area contributed by atoms with Crippen LogP contribution in [0.1, 0.15) is 31.5 Å². The van der Waals surface area contributed by atoms with E-state index in [-0.39, 0.29) is 5.54 Å². The van der Waals surface area contributed by atoms with Gasteiger partial charge in [-0.2, -0.15) is 0 Å². The summed E-state index contributed by atoms with van der Waals surface area (Å²) >= 11 is 0. The van der Waals surface area contributed by atoms with E-state index < -0.39 is 0 Å². The Morgan fingerprint density at radius 2 is 1.74 bits per heavy atom. The first-order chi connectivity index (χ1) is 9.05. The molecule has 2 aromatic rings. The van der Waals surface area contributed by atoms with Crippen molar-refractivity contribution in [3.8, 4) is 0 Å². The number of pyridine rings is 1. The fourth-order valence-electron chi connectivity index (χ4n) is 2.12. The summed E-state index contributed by atoms with van der Waals surface area (Å²) < 4.78 is 0. The SMILES string of the molecule is Cc1cccc(NC(C)(C)CCc2ccccc2)n1. The third kappa shape index (κ3) is 4.40. The molecule has 2 nitrogen and oxygen atoms in total. The molecule has 2 heteroatoms. The standard InChI is InChI=1S/C17H22N2/c1-14-8-7-11-16(18-14)19-17(2,3)13-12-15-9-5-4-6-10-15/h4-11H,12-13H2,1-3H3,(H,18,19). The molecule has 0 atom stereocenters. The molecule has 0 radical (unpaired) electrons. The molecule has 1 N–H and O–H groups in total. The molecule has 19 heavy (non-hydrogen) atoms. The van der Waals surface area contributed by atoms with E-state index in [0.717, 1.165) is 24.4 Å². The number of benzene rings is 1. The quantitative estimate of drug-likeness (QED) is 0.864. The average Bonchev–Trinajstić information content (AvgIpc) is 2.37. The van der Waals surface area contributed by atoms with E-state index in [1.54, 1.807) is 0 Å². The highest BCUT2D eigenvalue weighted by Crippen LogP contribution is 2.19. The summed E-state index contributed by atoms with van der Waals surface area (Å²) in [6, 6.07) is 16.7. The molecule has 2 rings (SSSR count). The number of rotatable bonds is 5. The number of hydrogen-bond acceptors (Lipinski definition) is 2. The number of aromatic nitrogens is 1. The first kappa shape index (κ1) is 13.6. The second kappa shape index (κ2) is 5.87. The van der Waals surface area contributed by atoms with Gasteiger partial charge < -0.3 is 5.32 Å². The van der Waals surface area contributed by atoms with Gasteiger partial charge in [0.05, 0.1) is 0 Å². The molecule has 0 saturated heterocycles. The topological polar surface area (TPSA) is 24.9 Å². The van der Waals surface area contributed by atoms with Crippen molar-refractivity contribution in [1.29, 1.82) is 0 Å². The normalized spacial score (nSPS) is 11.3. The lowest BCUT2D eigenvalue weighted by atomic mass is 9.95. The van der Waals surface area contributed by atoms with Crippen molar-refractivity contribution in [2.24, 2.45) is 0 Å². The molecule has 0 aliphatic heterocycles. The van der Waals surface area contributed by atoms with E-state index in [9.17, 15) is 0 Å². The van der Waals surface area contributed by atoms with Gasteiger partial charge in [0.25, 0.3) is 0 Å². The summed E-state index contributed by atoms with van der Waals surface area (Å²) in [7, 11) is 0. The van der Waals surface area contributed by atoms with Crippen LogP contribution in [0.25, 0.3) is 0 Å². The van der Waals surface area contributed by atoms with Crippen molar-refractivity contribution in [2.45, 2.75) is 39.2 Å². The van der Waals surface area contributed by atoms with Crippen molar-refractivity contribution >= 4 is 5.82 Å². The minimum absolute atomic E-state index is 0.0383. The second-order valence-electron chi connectivity index (χ2n) is 5.66. The highest BCUT2D eigenvalue weighted by molar-refractivity contribution is 5.38. The fourth-order valence-corrected chi connectivity index (χ4v) is 2.12. The Morgan fingerprint density at radius 1 is 1.00 bits per heavy atom. The van der Waals surface area contributed by atoms with Crippen LogP contribution in [-0.2, 0) is 6.42 Å². The molecular formula is C17H22N2. The lowest BCUT2D eigenvalue weighted by Gasteiger charge is -2.27. The van der Waals surface area contributed by atoms with Crippen LogP contribution in [0, 0.1) is 6.92 Å². The summed E-state index contributed by atoms with van der Waals surface area (Å²) in [5.74, 6) is 0.957. The van der Waals surface area contributed by atoms with Crippen LogP contribution in [0.4, 0.5) is 5.82 Å². The van der Waals surface area contributed by atoms with Crippen molar-refractivity contribution in [3.05, 3.63) is 59.8 Å². The molecule has 100 valence electrons. The van der Waals surface area contributed by atoms with Crippen LogP contribution < -0.4 is 5.32 Å². The zero-order valence-electron chi connectivity index (χ0n) is 12.0. The third-order valence-corrected chi connectivity index (χ3v) is 3.24. The molecule has 0 amide bonds. The summed E-state index contributed by atoms with van der Waals surface area (Å²) in [5, 5.41) is 3.52. The molecule has 0 aliphatic carbocycles. The van der Waals surface area contributed by atoms with Gasteiger partial charge in [0.15, 0.2) is 0 Å². The second-order valence-corrected chi connectivity index (χ2v) is 5.66. The average molecular weight is 254 g/mol. The Bertz CT molecular complexity index is 518. The maximum absolute atomic E-state index is 4.50. The molecule has 0 saturated carbocycles. The van der Waals surface area contributed by atoms with Crippen LogP contribution in [0.5, 0.6) is 0 Å². The van der Waals surface area contributed by atoms with Gasteiger partial charge in [0.1, 0.15) is 5.82 Å². The van der Waals surface area contributed by atoms with Gasteiger partial charge in [-0.1, -0.05) is 36.4 Å². The lowest BCUT2D eigenvalue weighted by Crippen LogP contribution is -2.31. The molecule has 0 fully saturated rings. The highest BCUT2D eigenvalue weighted by Gasteiger charge is 2.17. The number of anilines is 1. The first-order valence-electron chi connectivity index (χ1n) is 6.81. The number of aryl methyl sites for hydroxylation is 2.